The van der Waals surface area contributed by atoms with Gasteiger partial charge in [0.2, 0.25) is 5.91 Å². The van der Waals surface area contributed by atoms with Gasteiger partial charge in [-0.25, -0.2) is 0 Å². The van der Waals surface area contributed by atoms with Crippen LogP contribution in [0.15, 0.2) is 0 Å². The molecule has 4 fully saturated rings. The van der Waals surface area contributed by atoms with Gasteiger partial charge in [0.1, 0.15) is 0 Å². The Bertz CT molecular complexity index is 426. The fraction of sp³-hybridized carbons (Fsp3) is 0.882. The summed E-state index contributed by atoms with van der Waals surface area (Å²) in [5, 5.41) is 2.95. The van der Waals surface area contributed by atoms with Crippen molar-refractivity contribution < 1.29 is 9.59 Å². The molecule has 0 radical (unpaired) electrons. The minimum Gasteiger partial charge on any atom is -0.349 e. The fourth-order valence-corrected chi connectivity index (χ4v) is 5.55. The minimum atomic E-state index is -0.157. The number of nitrogens with one attached hydrogen (secondary N) is 1. The summed E-state index contributed by atoms with van der Waals surface area (Å²) >= 11 is 0. The number of amides is 1. The lowest BCUT2D eigenvalue weighted by molar-refractivity contribution is -0.155. The second-order valence-electron chi connectivity index (χ2n) is 8.36. The standard InChI is InChI=1S/C17H27NO2/c1-11(2)14(19)9-18-15(20)17-7-12-4-13(8-17)6-16(3,5-12)10-17/h11-13H,4-10H2,1-3H3,(H,18,20). The maximum atomic E-state index is 12.7. The zero-order valence-electron chi connectivity index (χ0n) is 13.0. The Morgan fingerprint density at radius 3 is 2.25 bits per heavy atom. The molecular weight excluding hydrogens is 250 g/mol. The van der Waals surface area contributed by atoms with Gasteiger partial charge in [-0.15, -0.1) is 0 Å². The largest absolute Gasteiger partial charge is 0.349 e. The van der Waals surface area contributed by atoms with Crippen LogP contribution in [0.3, 0.4) is 0 Å². The zero-order valence-corrected chi connectivity index (χ0v) is 13.0. The number of hydrogen-bond acceptors (Lipinski definition) is 2. The molecule has 0 aromatic rings. The molecule has 0 heterocycles. The van der Waals surface area contributed by atoms with Crippen LogP contribution in [0.25, 0.3) is 0 Å². The minimum absolute atomic E-state index is 0.00387. The highest BCUT2D eigenvalue weighted by molar-refractivity contribution is 5.89. The van der Waals surface area contributed by atoms with Crippen LogP contribution in [0.5, 0.6) is 0 Å². The second kappa shape index (κ2) is 4.57. The Morgan fingerprint density at radius 1 is 1.15 bits per heavy atom. The first-order valence-electron chi connectivity index (χ1n) is 8.13. The molecule has 4 aliphatic rings. The molecule has 1 N–H and O–H groups in total. The predicted octanol–water partition coefficient (Wildman–Crippen LogP) is 2.93. The molecule has 3 heteroatoms. The maximum absolute atomic E-state index is 12.7. The molecule has 0 aliphatic heterocycles. The lowest BCUT2D eigenvalue weighted by Gasteiger charge is -2.60. The molecule has 4 aliphatic carbocycles. The smallest absolute Gasteiger partial charge is 0.226 e. The average Bonchev–Trinajstić information content (AvgIpc) is 2.32. The maximum Gasteiger partial charge on any atom is 0.226 e. The summed E-state index contributed by atoms with van der Waals surface area (Å²) < 4.78 is 0. The van der Waals surface area contributed by atoms with Gasteiger partial charge in [0.25, 0.3) is 0 Å². The first kappa shape index (κ1) is 14.1. The third-order valence-corrected chi connectivity index (χ3v) is 5.90. The van der Waals surface area contributed by atoms with Crippen molar-refractivity contribution in [3.05, 3.63) is 0 Å². The summed E-state index contributed by atoms with van der Waals surface area (Å²) in [5.41, 5.74) is 0.222. The number of hydrogen-bond donors (Lipinski definition) is 1. The average molecular weight is 277 g/mol. The topological polar surface area (TPSA) is 46.2 Å². The van der Waals surface area contributed by atoms with Crippen molar-refractivity contribution in [2.45, 2.75) is 59.3 Å². The molecule has 0 aromatic carbocycles. The van der Waals surface area contributed by atoms with Gasteiger partial charge in [-0.1, -0.05) is 20.8 Å². The zero-order chi connectivity index (χ0) is 14.5. The van der Waals surface area contributed by atoms with Gasteiger partial charge in [0.15, 0.2) is 5.78 Å². The lowest BCUT2D eigenvalue weighted by Crippen LogP contribution is -2.57. The van der Waals surface area contributed by atoms with Crippen LogP contribution in [0.4, 0.5) is 0 Å². The highest BCUT2D eigenvalue weighted by Crippen LogP contribution is 2.65. The van der Waals surface area contributed by atoms with E-state index in [9.17, 15) is 9.59 Å². The van der Waals surface area contributed by atoms with Crippen molar-refractivity contribution in [2.24, 2.45) is 28.6 Å². The van der Waals surface area contributed by atoms with E-state index < -0.39 is 0 Å². The van der Waals surface area contributed by atoms with E-state index in [2.05, 4.69) is 12.2 Å². The van der Waals surface area contributed by atoms with Gasteiger partial charge in [0, 0.05) is 5.92 Å². The van der Waals surface area contributed by atoms with Crippen LogP contribution in [-0.2, 0) is 9.59 Å². The Hall–Kier alpha value is -0.860. The van der Waals surface area contributed by atoms with E-state index in [1.54, 1.807) is 0 Å². The quantitative estimate of drug-likeness (QED) is 0.858. The summed E-state index contributed by atoms with van der Waals surface area (Å²) in [6.45, 7) is 6.36. The SMILES string of the molecule is CC(C)C(=O)CNC(=O)C12CC3CC(CC(C)(C3)C1)C2. The van der Waals surface area contributed by atoms with Gasteiger partial charge in [-0.05, 0) is 55.8 Å². The van der Waals surface area contributed by atoms with Gasteiger partial charge < -0.3 is 5.32 Å². The predicted molar refractivity (Wildman–Crippen MR) is 78.1 cm³/mol. The summed E-state index contributed by atoms with van der Waals surface area (Å²) in [5.74, 6) is 1.78. The Labute approximate surface area is 121 Å². The van der Waals surface area contributed by atoms with E-state index in [-0.39, 0.29) is 29.6 Å². The first-order valence-corrected chi connectivity index (χ1v) is 8.13. The number of carbonyl (C=O) groups excluding carboxylic acids is 2. The molecule has 2 atom stereocenters. The first-order chi connectivity index (χ1) is 9.32. The van der Waals surface area contributed by atoms with Gasteiger partial charge in [-0.2, -0.15) is 0 Å². The molecule has 0 aromatic heterocycles. The Balaban J connectivity index is 1.70. The van der Waals surface area contributed by atoms with Gasteiger partial charge >= 0.3 is 0 Å². The highest BCUT2D eigenvalue weighted by Gasteiger charge is 2.58. The van der Waals surface area contributed by atoms with Gasteiger partial charge in [0.05, 0.1) is 12.0 Å². The van der Waals surface area contributed by atoms with E-state index >= 15 is 0 Å². The fourth-order valence-electron chi connectivity index (χ4n) is 5.55. The third kappa shape index (κ3) is 2.29. The molecular formula is C17H27NO2. The second-order valence-corrected chi connectivity index (χ2v) is 8.36. The van der Waals surface area contributed by atoms with Crippen molar-refractivity contribution in [3.8, 4) is 0 Å². The van der Waals surface area contributed by atoms with E-state index in [4.69, 9.17) is 0 Å². The van der Waals surface area contributed by atoms with Crippen molar-refractivity contribution in [3.63, 3.8) is 0 Å². The number of Topliss-reactive ketones (excluding diaryl/α,β-unsaturated/α-hetero) is 1. The monoisotopic (exact) mass is 277 g/mol. The number of carbonyl (C=O) groups is 2. The Morgan fingerprint density at radius 2 is 1.75 bits per heavy atom. The third-order valence-electron chi connectivity index (χ3n) is 5.90. The summed E-state index contributed by atoms with van der Waals surface area (Å²) in [6.07, 6.45) is 7.10. The Kier molecular flexibility index (Phi) is 3.22. The van der Waals surface area contributed by atoms with E-state index in [1.807, 2.05) is 13.8 Å². The molecule has 1 amide bonds. The number of rotatable bonds is 4. The van der Waals surface area contributed by atoms with Crippen molar-refractivity contribution in [2.75, 3.05) is 6.54 Å². The summed E-state index contributed by atoms with van der Waals surface area (Å²) in [4.78, 5) is 24.4. The molecule has 4 bridgehead atoms. The van der Waals surface area contributed by atoms with Crippen LogP contribution in [0.2, 0.25) is 0 Å². The highest BCUT2D eigenvalue weighted by atomic mass is 16.2. The van der Waals surface area contributed by atoms with Gasteiger partial charge in [-0.3, -0.25) is 9.59 Å². The molecule has 20 heavy (non-hydrogen) atoms. The van der Waals surface area contributed by atoms with Crippen molar-refractivity contribution in [1.29, 1.82) is 0 Å². The normalized spacial score (nSPS) is 42.0. The van der Waals surface area contributed by atoms with E-state index in [0.717, 1.165) is 31.1 Å². The lowest BCUT2D eigenvalue weighted by atomic mass is 9.44. The molecule has 0 saturated heterocycles. The summed E-state index contributed by atoms with van der Waals surface area (Å²) in [6, 6.07) is 0. The molecule has 0 spiro atoms. The molecule has 2 unspecified atom stereocenters. The van der Waals surface area contributed by atoms with Crippen LogP contribution in [-0.4, -0.2) is 18.2 Å². The molecule has 4 saturated carbocycles. The molecule has 112 valence electrons. The molecule has 3 nitrogen and oxygen atoms in total. The van der Waals surface area contributed by atoms with E-state index in [1.165, 1.54) is 19.3 Å². The van der Waals surface area contributed by atoms with Crippen molar-refractivity contribution >= 4 is 11.7 Å². The van der Waals surface area contributed by atoms with Crippen molar-refractivity contribution in [1.82, 2.24) is 5.32 Å². The van der Waals surface area contributed by atoms with E-state index in [0.29, 0.717) is 5.41 Å². The van der Waals surface area contributed by atoms with Crippen LogP contribution >= 0.6 is 0 Å². The van der Waals surface area contributed by atoms with Crippen LogP contribution in [0.1, 0.15) is 59.3 Å². The summed E-state index contributed by atoms with van der Waals surface area (Å²) in [7, 11) is 0. The van der Waals surface area contributed by atoms with Crippen LogP contribution in [0, 0.1) is 28.6 Å². The number of ketones is 1. The van der Waals surface area contributed by atoms with Crippen LogP contribution < -0.4 is 5.32 Å². The molecule has 4 rings (SSSR count).